The summed E-state index contributed by atoms with van der Waals surface area (Å²) in [6.45, 7) is 10.3. The van der Waals surface area contributed by atoms with E-state index in [1.165, 1.54) is 46.3 Å². The van der Waals surface area contributed by atoms with Crippen LogP contribution in [0.5, 0.6) is 0 Å². The van der Waals surface area contributed by atoms with Crippen molar-refractivity contribution in [1.29, 1.82) is 0 Å². The number of hydrogen-bond acceptors (Lipinski definition) is 1. The maximum Gasteiger partial charge on any atom is 0.0394 e. The zero-order valence-corrected chi connectivity index (χ0v) is 14.4. The quantitative estimate of drug-likeness (QED) is 0.681. The Morgan fingerprint density at radius 2 is 1.64 bits per heavy atom. The molecule has 0 radical (unpaired) electrons. The smallest absolute Gasteiger partial charge is 0.0394 e. The first-order valence-electron chi connectivity index (χ1n) is 8.41. The van der Waals surface area contributed by atoms with E-state index in [-0.39, 0.29) is 0 Å². The van der Waals surface area contributed by atoms with Crippen molar-refractivity contribution in [2.75, 3.05) is 13.6 Å². The third kappa shape index (κ3) is 1.75. The normalized spacial score (nSPS) is 19.8. The maximum atomic E-state index is 2.55. The fourth-order valence-corrected chi connectivity index (χ4v) is 4.45. The minimum atomic E-state index is 0.563. The van der Waals surface area contributed by atoms with Gasteiger partial charge in [0.2, 0.25) is 0 Å². The lowest BCUT2D eigenvalue weighted by Gasteiger charge is -2.41. The second kappa shape index (κ2) is 4.70. The molecule has 1 atom stereocenters. The third-order valence-electron chi connectivity index (χ3n) is 6.06. The van der Waals surface area contributed by atoms with Gasteiger partial charge >= 0.3 is 0 Å². The molecule has 1 heteroatoms. The summed E-state index contributed by atoms with van der Waals surface area (Å²) in [6, 6.07) is 7.68. The number of fused-ring (bicyclic) bond motifs is 2. The summed E-state index contributed by atoms with van der Waals surface area (Å²) in [5.41, 5.74) is 13.6. The Bertz CT molecular complexity index is 785. The molecule has 0 fully saturated rings. The van der Waals surface area contributed by atoms with Crippen molar-refractivity contribution in [3.8, 4) is 11.1 Å². The van der Waals surface area contributed by atoms with Gasteiger partial charge in [0.25, 0.3) is 0 Å². The zero-order chi connectivity index (χ0) is 15.6. The van der Waals surface area contributed by atoms with E-state index < -0.39 is 0 Å². The standard InChI is InChI=1S/C21H25N/c1-12-6-7-16-11-18-21-17(8-9-22(18)5)10-13(2)15(4)20(21)19(16)14(12)3/h6-7,10,18H,8-9,11H2,1-5H3. The van der Waals surface area contributed by atoms with Crippen LogP contribution >= 0.6 is 0 Å². The molecule has 4 rings (SSSR count). The molecule has 1 unspecified atom stereocenters. The van der Waals surface area contributed by atoms with Gasteiger partial charge in [-0.1, -0.05) is 18.2 Å². The molecule has 1 nitrogen and oxygen atoms in total. The van der Waals surface area contributed by atoms with E-state index in [1.807, 2.05) is 0 Å². The average Bonchev–Trinajstić information content (AvgIpc) is 2.50. The van der Waals surface area contributed by atoms with Crippen molar-refractivity contribution in [3.63, 3.8) is 0 Å². The van der Waals surface area contributed by atoms with Crippen LogP contribution in [0.3, 0.4) is 0 Å². The average molecular weight is 291 g/mol. The highest BCUT2D eigenvalue weighted by Crippen LogP contribution is 2.48. The molecule has 1 aliphatic carbocycles. The highest BCUT2D eigenvalue weighted by atomic mass is 15.1. The van der Waals surface area contributed by atoms with Crippen molar-refractivity contribution in [1.82, 2.24) is 4.90 Å². The second-order valence-electron chi connectivity index (χ2n) is 7.26. The largest absolute Gasteiger partial charge is 0.299 e. The minimum Gasteiger partial charge on any atom is -0.299 e. The van der Waals surface area contributed by atoms with Crippen LogP contribution in [0.25, 0.3) is 11.1 Å². The monoisotopic (exact) mass is 291 g/mol. The molecule has 1 aliphatic heterocycles. The Labute approximate surface area is 134 Å². The summed E-state index contributed by atoms with van der Waals surface area (Å²) in [7, 11) is 2.29. The van der Waals surface area contributed by atoms with Crippen molar-refractivity contribution in [2.45, 2.75) is 46.6 Å². The number of aryl methyl sites for hydroxylation is 2. The van der Waals surface area contributed by atoms with Crippen LogP contribution < -0.4 is 0 Å². The lowest BCUT2D eigenvalue weighted by molar-refractivity contribution is 0.228. The molecule has 2 aliphatic rings. The Hall–Kier alpha value is -1.60. The highest BCUT2D eigenvalue weighted by Gasteiger charge is 2.34. The fraction of sp³-hybridized carbons (Fsp3) is 0.429. The zero-order valence-electron chi connectivity index (χ0n) is 14.4. The van der Waals surface area contributed by atoms with Gasteiger partial charge in [-0.3, -0.25) is 4.90 Å². The molecule has 2 aromatic rings. The van der Waals surface area contributed by atoms with E-state index in [0.29, 0.717) is 6.04 Å². The van der Waals surface area contributed by atoms with E-state index >= 15 is 0 Å². The topological polar surface area (TPSA) is 3.24 Å². The first kappa shape index (κ1) is 14.0. The van der Waals surface area contributed by atoms with Gasteiger partial charge in [-0.2, -0.15) is 0 Å². The van der Waals surface area contributed by atoms with Gasteiger partial charge in [0.1, 0.15) is 0 Å². The van der Waals surface area contributed by atoms with Gasteiger partial charge in [-0.05, 0) is 97.7 Å². The molecule has 1 heterocycles. The van der Waals surface area contributed by atoms with Crippen LogP contribution in [0.4, 0.5) is 0 Å². The summed E-state index contributed by atoms with van der Waals surface area (Å²) in [6.07, 6.45) is 2.35. The Balaban J connectivity index is 2.13. The predicted molar refractivity (Wildman–Crippen MR) is 93.6 cm³/mol. The first-order chi connectivity index (χ1) is 10.5. The third-order valence-corrected chi connectivity index (χ3v) is 6.06. The highest BCUT2D eigenvalue weighted by molar-refractivity contribution is 5.82. The van der Waals surface area contributed by atoms with Gasteiger partial charge in [-0.25, -0.2) is 0 Å². The summed E-state index contributed by atoms with van der Waals surface area (Å²) in [4.78, 5) is 2.55. The van der Waals surface area contributed by atoms with Crippen LogP contribution in [-0.2, 0) is 12.8 Å². The number of hydrogen-bond donors (Lipinski definition) is 0. The van der Waals surface area contributed by atoms with Crippen LogP contribution in [0, 0.1) is 27.7 Å². The van der Waals surface area contributed by atoms with Crippen LogP contribution in [0.15, 0.2) is 18.2 Å². The molecule has 0 N–H and O–H groups in total. The van der Waals surface area contributed by atoms with Gasteiger partial charge < -0.3 is 0 Å². The van der Waals surface area contributed by atoms with Crippen LogP contribution in [-0.4, -0.2) is 18.5 Å². The van der Waals surface area contributed by atoms with Crippen molar-refractivity contribution in [3.05, 3.63) is 57.1 Å². The Morgan fingerprint density at radius 1 is 0.909 bits per heavy atom. The molecule has 0 bridgehead atoms. The Kier molecular flexibility index (Phi) is 2.99. The second-order valence-corrected chi connectivity index (χ2v) is 7.26. The van der Waals surface area contributed by atoms with Gasteiger partial charge in [0.15, 0.2) is 0 Å². The molecule has 0 spiro atoms. The van der Waals surface area contributed by atoms with Crippen molar-refractivity contribution in [2.24, 2.45) is 0 Å². The van der Waals surface area contributed by atoms with Gasteiger partial charge in [-0.15, -0.1) is 0 Å². The van der Waals surface area contributed by atoms with Crippen LogP contribution in [0.2, 0.25) is 0 Å². The number of nitrogens with zero attached hydrogens (tertiary/aromatic N) is 1. The fourth-order valence-electron chi connectivity index (χ4n) is 4.45. The number of rotatable bonds is 0. The maximum absolute atomic E-state index is 2.55. The van der Waals surface area contributed by atoms with Gasteiger partial charge in [0, 0.05) is 12.6 Å². The summed E-state index contributed by atoms with van der Waals surface area (Å²) < 4.78 is 0. The van der Waals surface area contributed by atoms with E-state index in [9.17, 15) is 0 Å². The number of benzene rings is 2. The van der Waals surface area contributed by atoms with E-state index in [0.717, 1.165) is 6.42 Å². The summed E-state index contributed by atoms with van der Waals surface area (Å²) >= 11 is 0. The molecule has 0 saturated heterocycles. The summed E-state index contributed by atoms with van der Waals surface area (Å²) in [5.74, 6) is 0. The minimum absolute atomic E-state index is 0.563. The molecular weight excluding hydrogens is 266 g/mol. The molecule has 114 valence electrons. The lowest BCUT2D eigenvalue weighted by Crippen LogP contribution is -2.36. The molecule has 2 aromatic carbocycles. The predicted octanol–water partition coefficient (Wildman–Crippen LogP) is 4.67. The molecule has 0 amide bonds. The van der Waals surface area contributed by atoms with Gasteiger partial charge in [0.05, 0.1) is 0 Å². The van der Waals surface area contributed by atoms with Crippen molar-refractivity contribution >= 4 is 0 Å². The van der Waals surface area contributed by atoms with E-state index in [2.05, 4.69) is 57.8 Å². The molecule has 0 saturated carbocycles. The molecule has 22 heavy (non-hydrogen) atoms. The lowest BCUT2D eigenvalue weighted by atomic mass is 9.73. The SMILES string of the molecule is Cc1ccc2c(c1C)-c1c(C)c(C)cc3c1C(C2)N(C)CC3. The summed E-state index contributed by atoms with van der Waals surface area (Å²) in [5, 5.41) is 0. The first-order valence-corrected chi connectivity index (χ1v) is 8.41. The Morgan fingerprint density at radius 3 is 2.41 bits per heavy atom. The number of likely N-dealkylation sites (N-methyl/N-ethyl adjacent to an activating group) is 1. The van der Waals surface area contributed by atoms with E-state index in [1.54, 1.807) is 16.7 Å². The molecule has 0 aromatic heterocycles. The van der Waals surface area contributed by atoms with E-state index in [4.69, 9.17) is 0 Å². The molecular formula is C21H25N. The van der Waals surface area contributed by atoms with Crippen molar-refractivity contribution < 1.29 is 0 Å². The van der Waals surface area contributed by atoms with Crippen LogP contribution in [0.1, 0.15) is 45.0 Å².